The van der Waals surface area contributed by atoms with Crippen LogP contribution in [0.25, 0.3) is 11.6 Å². The summed E-state index contributed by atoms with van der Waals surface area (Å²) in [6.45, 7) is 0. The number of hydrogen-bond donors (Lipinski definition) is 1. The molecule has 0 spiro atoms. The molecule has 2 aliphatic rings. The van der Waals surface area contributed by atoms with Crippen LogP contribution in [0.15, 0.2) is 41.6 Å². The molecule has 0 amide bonds. The Balaban J connectivity index is 2.19. The monoisotopic (exact) mass is 240 g/mol. The Morgan fingerprint density at radius 1 is 1.17 bits per heavy atom. The number of benzene rings is 1. The molecule has 2 aliphatic carbocycles. The molecule has 0 aromatic heterocycles. The number of nitrogen functional groups attached to an aromatic ring is 1. The second-order valence-electron chi connectivity index (χ2n) is 4.12. The topological polar surface area (TPSA) is 86.2 Å². The number of anilines is 1. The van der Waals surface area contributed by atoms with Crippen molar-refractivity contribution in [2.24, 2.45) is 0 Å². The van der Waals surface area contributed by atoms with Crippen molar-refractivity contribution in [3.8, 4) is 0 Å². The molecule has 0 radical (unpaired) electrons. The summed E-state index contributed by atoms with van der Waals surface area (Å²) in [5.41, 5.74) is 8.67. The van der Waals surface area contributed by atoms with Crippen LogP contribution in [0.2, 0.25) is 0 Å². The third-order valence-corrected chi connectivity index (χ3v) is 3.04. The molecule has 0 fully saturated rings. The van der Waals surface area contributed by atoms with Gasteiger partial charge in [-0.15, -0.1) is 0 Å². The van der Waals surface area contributed by atoms with Gasteiger partial charge in [-0.05, 0) is 41.0 Å². The number of hydrogen-bond acceptors (Lipinski definition) is 4. The summed E-state index contributed by atoms with van der Waals surface area (Å²) in [4.78, 5) is 22.0. The fraction of sp³-hybridized carbons (Fsp3) is 0. The number of fused-ring (bicyclic) bond motifs is 3. The number of ketones is 1. The maximum absolute atomic E-state index is 12.0. The molecule has 88 valence electrons. The highest BCUT2D eigenvalue weighted by molar-refractivity contribution is 6.25. The molecule has 5 nitrogen and oxygen atoms in total. The normalized spacial score (nSPS) is 16.4. The van der Waals surface area contributed by atoms with E-state index in [9.17, 15) is 14.9 Å². The molecular weight excluding hydrogens is 232 g/mol. The van der Waals surface area contributed by atoms with E-state index in [2.05, 4.69) is 0 Å². The van der Waals surface area contributed by atoms with E-state index >= 15 is 0 Å². The molecule has 0 bridgehead atoms. The van der Waals surface area contributed by atoms with Crippen LogP contribution in [0.1, 0.15) is 11.1 Å². The maximum atomic E-state index is 12.0. The van der Waals surface area contributed by atoms with E-state index in [1.165, 1.54) is 6.08 Å². The van der Waals surface area contributed by atoms with Crippen molar-refractivity contribution in [3.63, 3.8) is 0 Å². The van der Waals surface area contributed by atoms with Crippen molar-refractivity contribution in [1.82, 2.24) is 0 Å². The van der Waals surface area contributed by atoms with Crippen molar-refractivity contribution >= 4 is 23.1 Å². The molecule has 5 heteroatoms. The highest BCUT2D eigenvalue weighted by Gasteiger charge is 2.34. The van der Waals surface area contributed by atoms with Gasteiger partial charge in [0, 0.05) is 17.3 Å². The molecule has 1 aromatic rings. The standard InChI is InChI=1S/C13H8N2O3/c14-8-2-1-7-5-11-9(10(7)6-8)3-4-12(13(11)16)15(17)18/h1-6H,14H2. The molecule has 0 atom stereocenters. The van der Waals surface area contributed by atoms with Gasteiger partial charge in [-0.2, -0.15) is 0 Å². The predicted octanol–water partition coefficient (Wildman–Crippen LogP) is 1.79. The first-order valence-electron chi connectivity index (χ1n) is 5.31. The minimum Gasteiger partial charge on any atom is -0.399 e. The van der Waals surface area contributed by atoms with Crippen LogP contribution in [0.3, 0.4) is 0 Å². The highest BCUT2D eigenvalue weighted by Crippen LogP contribution is 2.40. The second kappa shape index (κ2) is 3.40. The Kier molecular flexibility index (Phi) is 1.98. The van der Waals surface area contributed by atoms with E-state index in [0.717, 1.165) is 11.1 Å². The first-order valence-corrected chi connectivity index (χ1v) is 5.31. The number of allylic oxidation sites excluding steroid dienone is 4. The number of carbonyl (C=O) groups is 1. The fourth-order valence-corrected chi connectivity index (χ4v) is 2.20. The quantitative estimate of drug-likeness (QED) is 0.460. The maximum Gasteiger partial charge on any atom is 0.316 e. The number of nitro groups is 1. The predicted molar refractivity (Wildman–Crippen MR) is 66.9 cm³/mol. The first kappa shape index (κ1) is 10.5. The Hall–Kier alpha value is -2.69. The third kappa shape index (κ3) is 1.31. The molecule has 18 heavy (non-hydrogen) atoms. The van der Waals surface area contributed by atoms with Gasteiger partial charge in [0.2, 0.25) is 0 Å². The van der Waals surface area contributed by atoms with Gasteiger partial charge in [-0.3, -0.25) is 14.9 Å². The summed E-state index contributed by atoms with van der Waals surface area (Å²) < 4.78 is 0. The first-order chi connectivity index (χ1) is 8.58. The number of carbonyl (C=O) groups excluding carboxylic acids is 1. The number of Topliss-reactive ketones (excluding diaryl/α,β-unsaturated/α-hetero) is 1. The van der Waals surface area contributed by atoms with Crippen LogP contribution >= 0.6 is 0 Å². The van der Waals surface area contributed by atoms with Gasteiger partial charge < -0.3 is 5.73 Å². The molecule has 0 aliphatic heterocycles. The molecule has 0 saturated carbocycles. The summed E-state index contributed by atoms with van der Waals surface area (Å²) in [7, 11) is 0. The highest BCUT2D eigenvalue weighted by atomic mass is 16.6. The van der Waals surface area contributed by atoms with Crippen molar-refractivity contribution < 1.29 is 9.72 Å². The van der Waals surface area contributed by atoms with Gasteiger partial charge >= 0.3 is 5.70 Å². The van der Waals surface area contributed by atoms with Crippen molar-refractivity contribution in [2.45, 2.75) is 0 Å². The zero-order valence-corrected chi connectivity index (χ0v) is 9.21. The van der Waals surface area contributed by atoms with Crippen LogP contribution in [0.4, 0.5) is 5.69 Å². The minimum absolute atomic E-state index is 0.366. The van der Waals surface area contributed by atoms with Gasteiger partial charge in [0.25, 0.3) is 5.78 Å². The molecule has 0 heterocycles. The molecule has 3 rings (SSSR count). The van der Waals surface area contributed by atoms with Gasteiger partial charge in [0.15, 0.2) is 0 Å². The van der Waals surface area contributed by atoms with E-state index < -0.39 is 16.4 Å². The zero-order valence-electron chi connectivity index (χ0n) is 9.21. The van der Waals surface area contributed by atoms with Gasteiger partial charge in [0.05, 0.1) is 4.92 Å². The van der Waals surface area contributed by atoms with E-state index in [4.69, 9.17) is 5.73 Å². The lowest BCUT2D eigenvalue weighted by atomic mass is 9.94. The van der Waals surface area contributed by atoms with Crippen LogP contribution in [-0.2, 0) is 4.79 Å². The van der Waals surface area contributed by atoms with Gasteiger partial charge in [-0.25, -0.2) is 0 Å². The van der Waals surface area contributed by atoms with Crippen molar-refractivity contribution in [3.05, 3.63) is 62.9 Å². The molecule has 0 unspecified atom stereocenters. The number of nitrogens with zero attached hydrogens (tertiary/aromatic N) is 1. The van der Waals surface area contributed by atoms with E-state index in [0.29, 0.717) is 16.8 Å². The largest absolute Gasteiger partial charge is 0.399 e. The van der Waals surface area contributed by atoms with Crippen LogP contribution in [0.5, 0.6) is 0 Å². The average Bonchev–Trinajstić information content (AvgIpc) is 2.68. The fourth-order valence-electron chi connectivity index (χ4n) is 2.20. The molecule has 0 saturated heterocycles. The summed E-state index contributed by atoms with van der Waals surface area (Å²) in [5.74, 6) is -0.549. The summed E-state index contributed by atoms with van der Waals surface area (Å²) in [5, 5.41) is 10.7. The van der Waals surface area contributed by atoms with Gasteiger partial charge in [-0.1, -0.05) is 6.07 Å². The smallest absolute Gasteiger partial charge is 0.316 e. The minimum atomic E-state index is -0.659. The summed E-state index contributed by atoms with van der Waals surface area (Å²) in [6.07, 6.45) is 4.50. The summed E-state index contributed by atoms with van der Waals surface area (Å²) >= 11 is 0. The second-order valence-corrected chi connectivity index (χ2v) is 4.12. The Labute approximate surface area is 102 Å². The Morgan fingerprint density at radius 2 is 1.94 bits per heavy atom. The zero-order chi connectivity index (χ0) is 12.9. The SMILES string of the molecule is Nc1ccc2c(c1)C1=CC=C([N+](=O)[O-])C(=O)C1=C2. The van der Waals surface area contributed by atoms with Gasteiger partial charge in [0.1, 0.15) is 0 Å². The third-order valence-electron chi connectivity index (χ3n) is 3.04. The van der Waals surface area contributed by atoms with Crippen LogP contribution in [0, 0.1) is 10.1 Å². The lowest BCUT2D eigenvalue weighted by Gasteiger charge is -2.09. The Morgan fingerprint density at radius 3 is 2.67 bits per heavy atom. The van der Waals surface area contributed by atoms with E-state index in [1.807, 2.05) is 0 Å². The summed E-state index contributed by atoms with van der Waals surface area (Å²) in [6, 6.07) is 5.30. The molecule has 2 N–H and O–H groups in total. The molecular formula is C13H8N2O3. The van der Waals surface area contributed by atoms with Crippen LogP contribution < -0.4 is 5.73 Å². The lowest BCUT2D eigenvalue weighted by molar-refractivity contribution is -0.418. The molecule has 1 aromatic carbocycles. The van der Waals surface area contributed by atoms with Crippen molar-refractivity contribution in [2.75, 3.05) is 5.73 Å². The van der Waals surface area contributed by atoms with Crippen molar-refractivity contribution in [1.29, 1.82) is 0 Å². The average molecular weight is 240 g/mol. The Bertz CT molecular complexity index is 696. The van der Waals surface area contributed by atoms with E-state index in [1.54, 1.807) is 30.4 Å². The van der Waals surface area contributed by atoms with Crippen LogP contribution in [-0.4, -0.2) is 10.7 Å². The number of rotatable bonds is 1. The number of nitrogens with two attached hydrogens (primary N) is 1. The lowest BCUT2D eigenvalue weighted by Crippen LogP contribution is -2.15. The van der Waals surface area contributed by atoms with E-state index in [-0.39, 0.29) is 0 Å².